The highest BCUT2D eigenvalue weighted by Crippen LogP contribution is 2.10. The summed E-state index contributed by atoms with van der Waals surface area (Å²) >= 11 is 0. The number of hydrogen-bond donors (Lipinski definition) is 2. The van der Waals surface area contributed by atoms with E-state index in [-0.39, 0.29) is 24.5 Å². The lowest BCUT2D eigenvalue weighted by molar-refractivity contribution is -0.131. The van der Waals surface area contributed by atoms with Crippen LogP contribution < -0.4 is 10.6 Å². The van der Waals surface area contributed by atoms with E-state index in [1.807, 2.05) is 26.0 Å². The van der Waals surface area contributed by atoms with Crippen molar-refractivity contribution in [1.82, 2.24) is 10.6 Å². The van der Waals surface area contributed by atoms with Crippen molar-refractivity contribution in [1.29, 1.82) is 0 Å². The molecule has 19 heavy (non-hydrogen) atoms. The molecule has 1 aliphatic carbocycles. The first-order valence-electron chi connectivity index (χ1n) is 6.45. The van der Waals surface area contributed by atoms with Crippen LogP contribution in [0.4, 0.5) is 0 Å². The van der Waals surface area contributed by atoms with Gasteiger partial charge in [0.2, 0.25) is 11.8 Å². The summed E-state index contributed by atoms with van der Waals surface area (Å²) in [6.07, 6.45) is 7.48. The molecule has 0 unspecified atom stereocenters. The Labute approximate surface area is 114 Å². The maximum Gasteiger partial charge on any atom is 0.246 e. The van der Waals surface area contributed by atoms with E-state index in [2.05, 4.69) is 16.7 Å². The minimum Gasteiger partial charge on any atom is -0.372 e. The molecule has 0 aliphatic heterocycles. The molecule has 1 aliphatic rings. The molecule has 1 rings (SSSR count). The molecule has 0 aromatic carbocycles. The second kappa shape index (κ2) is 7.74. The van der Waals surface area contributed by atoms with Gasteiger partial charge < -0.3 is 15.4 Å². The van der Waals surface area contributed by atoms with Gasteiger partial charge in [-0.25, -0.2) is 0 Å². The second-order valence-corrected chi connectivity index (χ2v) is 4.57. The van der Waals surface area contributed by atoms with Gasteiger partial charge >= 0.3 is 0 Å². The van der Waals surface area contributed by atoms with E-state index in [1.165, 1.54) is 5.57 Å². The molecule has 2 amide bonds. The van der Waals surface area contributed by atoms with Crippen LogP contribution in [0.1, 0.15) is 27.2 Å². The third-order valence-electron chi connectivity index (χ3n) is 2.70. The molecule has 105 valence electrons. The molecule has 2 N–H and O–H groups in total. The van der Waals surface area contributed by atoms with Crippen molar-refractivity contribution >= 4 is 11.8 Å². The normalized spacial score (nSPS) is 19.5. The molecule has 0 heterocycles. The summed E-state index contributed by atoms with van der Waals surface area (Å²) in [7, 11) is 0. The Bertz CT molecular complexity index is 388. The fourth-order valence-corrected chi connectivity index (χ4v) is 1.72. The Morgan fingerprint density at radius 2 is 2.32 bits per heavy atom. The van der Waals surface area contributed by atoms with Crippen molar-refractivity contribution in [3.05, 3.63) is 23.8 Å². The Hall–Kier alpha value is -1.62. The quantitative estimate of drug-likeness (QED) is 0.743. The maximum absolute atomic E-state index is 11.9. The van der Waals surface area contributed by atoms with E-state index in [9.17, 15) is 9.59 Å². The van der Waals surface area contributed by atoms with Crippen LogP contribution >= 0.6 is 0 Å². The van der Waals surface area contributed by atoms with E-state index >= 15 is 0 Å². The summed E-state index contributed by atoms with van der Waals surface area (Å²) in [6, 6.07) is -0.628. The zero-order valence-corrected chi connectivity index (χ0v) is 11.7. The van der Waals surface area contributed by atoms with Gasteiger partial charge in [-0.15, -0.1) is 0 Å². The van der Waals surface area contributed by atoms with Gasteiger partial charge in [-0.2, -0.15) is 0 Å². The van der Waals surface area contributed by atoms with E-state index < -0.39 is 6.04 Å². The van der Waals surface area contributed by atoms with Crippen LogP contribution in [-0.2, 0) is 14.3 Å². The highest BCUT2D eigenvalue weighted by atomic mass is 16.5. The van der Waals surface area contributed by atoms with Crippen molar-refractivity contribution in [2.45, 2.75) is 39.3 Å². The van der Waals surface area contributed by atoms with Gasteiger partial charge in [0.15, 0.2) is 0 Å². The number of ether oxygens (including phenoxy) is 1. The van der Waals surface area contributed by atoms with Crippen LogP contribution in [0.25, 0.3) is 0 Å². The van der Waals surface area contributed by atoms with Crippen LogP contribution in [0.2, 0.25) is 0 Å². The lowest BCUT2D eigenvalue weighted by Crippen LogP contribution is -2.48. The molecule has 5 heteroatoms. The van der Waals surface area contributed by atoms with Crippen LogP contribution in [0.3, 0.4) is 0 Å². The van der Waals surface area contributed by atoms with E-state index in [0.29, 0.717) is 6.61 Å². The number of carbonyl (C=O) groups excluding carboxylic acids is 2. The van der Waals surface area contributed by atoms with Crippen molar-refractivity contribution in [2.75, 3.05) is 13.2 Å². The predicted molar refractivity (Wildman–Crippen MR) is 72.2 cm³/mol. The number of hydrogen-bond acceptors (Lipinski definition) is 3. The number of allylic oxidation sites excluding steroid dienone is 2. The topological polar surface area (TPSA) is 67.4 Å². The summed E-state index contributed by atoms with van der Waals surface area (Å²) in [5.41, 5.74) is 1.17. The summed E-state index contributed by atoms with van der Waals surface area (Å²) in [4.78, 5) is 23.3. The molecular formula is C14H21N2O3. The zero-order chi connectivity index (χ0) is 14.3. The lowest BCUT2D eigenvalue weighted by Gasteiger charge is -2.21. The Morgan fingerprint density at radius 1 is 1.58 bits per heavy atom. The maximum atomic E-state index is 11.9. The van der Waals surface area contributed by atoms with Crippen LogP contribution in [0.5, 0.6) is 0 Å². The third-order valence-corrected chi connectivity index (χ3v) is 2.70. The van der Waals surface area contributed by atoms with Gasteiger partial charge in [0.05, 0.1) is 6.04 Å². The molecule has 5 nitrogen and oxygen atoms in total. The first-order valence-corrected chi connectivity index (χ1v) is 6.45. The molecule has 1 radical (unpaired) electrons. The van der Waals surface area contributed by atoms with Crippen molar-refractivity contribution in [2.24, 2.45) is 0 Å². The minimum absolute atomic E-state index is 0.0208. The molecule has 0 fully saturated rings. The van der Waals surface area contributed by atoms with Crippen molar-refractivity contribution < 1.29 is 14.3 Å². The van der Waals surface area contributed by atoms with Crippen molar-refractivity contribution in [3.8, 4) is 0 Å². The smallest absolute Gasteiger partial charge is 0.246 e. The van der Waals surface area contributed by atoms with Gasteiger partial charge in [-0.05, 0) is 33.3 Å². The fraction of sp³-hybridized carbons (Fsp3) is 0.571. The first kappa shape index (κ1) is 15.4. The van der Waals surface area contributed by atoms with Crippen LogP contribution in [-0.4, -0.2) is 37.1 Å². The molecule has 0 aromatic rings. The summed E-state index contributed by atoms with van der Waals surface area (Å²) < 4.78 is 4.97. The molecule has 0 spiro atoms. The minimum atomic E-state index is -0.576. The molecular weight excluding hydrogens is 244 g/mol. The van der Waals surface area contributed by atoms with Gasteiger partial charge in [0, 0.05) is 6.61 Å². The summed E-state index contributed by atoms with van der Waals surface area (Å²) in [5, 5.41) is 5.45. The number of carbonyl (C=O) groups is 2. The van der Waals surface area contributed by atoms with E-state index in [1.54, 1.807) is 6.92 Å². The standard InChI is InChI=1S/C14H21N2O3/c1-4-19-9-13(17)15-11(3)14(18)16-12-7-5-6-10(2)8-12/h6-7,11-12H,4,8-9H2,1-3H3,(H,15,17)(H,16,18)/t11-,12+/m0/s1. The SMILES string of the molecule is CCOCC(=O)N[C@@H](C)C(=O)N[C@@H]1C=[C]C=C(C)C1. The number of nitrogens with one attached hydrogen (secondary N) is 2. The molecule has 0 saturated carbocycles. The monoisotopic (exact) mass is 265 g/mol. The average Bonchev–Trinajstić information content (AvgIpc) is 2.36. The largest absolute Gasteiger partial charge is 0.372 e. The van der Waals surface area contributed by atoms with Gasteiger partial charge in [0.25, 0.3) is 0 Å². The average molecular weight is 265 g/mol. The zero-order valence-electron chi connectivity index (χ0n) is 11.7. The summed E-state index contributed by atoms with van der Waals surface area (Å²) in [6.45, 7) is 5.91. The second-order valence-electron chi connectivity index (χ2n) is 4.57. The fourth-order valence-electron chi connectivity index (χ4n) is 1.72. The lowest BCUT2D eigenvalue weighted by atomic mass is 10.0. The van der Waals surface area contributed by atoms with Crippen LogP contribution in [0.15, 0.2) is 17.7 Å². The highest BCUT2D eigenvalue weighted by molar-refractivity contribution is 5.87. The van der Waals surface area contributed by atoms with Crippen LogP contribution in [0, 0.1) is 6.08 Å². The van der Waals surface area contributed by atoms with E-state index in [0.717, 1.165) is 6.42 Å². The first-order chi connectivity index (χ1) is 9.02. The van der Waals surface area contributed by atoms with Gasteiger partial charge in [0.1, 0.15) is 12.6 Å². The van der Waals surface area contributed by atoms with Crippen molar-refractivity contribution in [3.63, 3.8) is 0 Å². The van der Waals surface area contributed by atoms with Gasteiger partial charge in [-0.1, -0.05) is 17.7 Å². The molecule has 0 aromatic heterocycles. The highest BCUT2D eigenvalue weighted by Gasteiger charge is 2.19. The summed E-state index contributed by atoms with van der Waals surface area (Å²) in [5.74, 6) is -0.492. The van der Waals surface area contributed by atoms with Gasteiger partial charge in [-0.3, -0.25) is 9.59 Å². The Kier molecular flexibility index (Phi) is 6.29. The molecule has 0 saturated heterocycles. The number of rotatable bonds is 6. The molecule has 0 bridgehead atoms. The third kappa shape index (κ3) is 5.70. The predicted octanol–water partition coefficient (Wildman–Crippen LogP) is 0.722. The number of amides is 2. The molecule has 2 atom stereocenters. The van der Waals surface area contributed by atoms with E-state index in [4.69, 9.17) is 4.74 Å². The Morgan fingerprint density at radius 3 is 2.95 bits per heavy atom. The Balaban J connectivity index is 2.34.